The summed E-state index contributed by atoms with van der Waals surface area (Å²) in [6.45, 7) is 5.49. The molecule has 0 N–H and O–H groups in total. The lowest BCUT2D eigenvalue weighted by Crippen LogP contribution is -2.45. The molecule has 1 aromatic carbocycles. The Morgan fingerprint density at radius 1 is 1.08 bits per heavy atom. The van der Waals surface area contributed by atoms with Crippen LogP contribution in [0, 0.1) is 0 Å². The molecule has 26 heavy (non-hydrogen) atoms. The second-order valence-corrected chi connectivity index (χ2v) is 7.60. The first-order valence-corrected chi connectivity index (χ1v) is 9.76. The smallest absolute Gasteiger partial charge is 0.219 e. The number of carbonyl (C=O) groups excluding carboxylic acids is 1. The zero-order valence-electron chi connectivity index (χ0n) is 15.6. The van der Waals surface area contributed by atoms with Crippen molar-refractivity contribution in [3.05, 3.63) is 54.1 Å². The molecule has 0 bridgehead atoms. The van der Waals surface area contributed by atoms with Gasteiger partial charge in [0.25, 0.3) is 0 Å². The zero-order valence-corrected chi connectivity index (χ0v) is 15.6. The van der Waals surface area contributed by atoms with Crippen LogP contribution in [0.2, 0.25) is 0 Å². The molecule has 0 aliphatic carbocycles. The summed E-state index contributed by atoms with van der Waals surface area (Å²) in [5.41, 5.74) is 2.55. The maximum Gasteiger partial charge on any atom is 0.219 e. The molecule has 0 spiro atoms. The number of aromatic nitrogens is 2. The normalized spacial score (nSPS) is 23.7. The van der Waals surface area contributed by atoms with E-state index in [2.05, 4.69) is 49.7 Å². The maximum atomic E-state index is 12.1. The van der Waals surface area contributed by atoms with E-state index in [1.807, 2.05) is 12.5 Å². The van der Waals surface area contributed by atoms with E-state index in [1.165, 1.54) is 24.1 Å². The Hall–Kier alpha value is -2.14. The molecule has 5 nitrogen and oxygen atoms in total. The summed E-state index contributed by atoms with van der Waals surface area (Å²) in [4.78, 5) is 21.2. The number of likely N-dealkylation sites (tertiary alicyclic amines) is 2. The van der Waals surface area contributed by atoms with Gasteiger partial charge in [-0.25, -0.2) is 4.98 Å². The number of nitrogens with zero attached hydrogens (tertiary/aromatic N) is 4. The van der Waals surface area contributed by atoms with Gasteiger partial charge in [0.2, 0.25) is 5.91 Å². The molecule has 0 radical (unpaired) electrons. The summed E-state index contributed by atoms with van der Waals surface area (Å²) in [5, 5.41) is 0. The van der Waals surface area contributed by atoms with E-state index in [-0.39, 0.29) is 5.91 Å². The topological polar surface area (TPSA) is 41.4 Å². The number of rotatable bonds is 4. The van der Waals surface area contributed by atoms with Crippen molar-refractivity contribution >= 4 is 5.91 Å². The molecular formula is C21H28N4O. The average molecular weight is 352 g/mol. The summed E-state index contributed by atoms with van der Waals surface area (Å²) >= 11 is 0. The van der Waals surface area contributed by atoms with Crippen LogP contribution in [-0.2, 0) is 17.9 Å². The van der Waals surface area contributed by atoms with Gasteiger partial charge in [-0.3, -0.25) is 9.69 Å². The first-order chi connectivity index (χ1) is 12.7. The molecular weight excluding hydrogens is 324 g/mol. The van der Waals surface area contributed by atoms with Gasteiger partial charge in [-0.15, -0.1) is 0 Å². The first kappa shape index (κ1) is 17.3. The summed E-state index contributed by atoms with van der Waals surface area (Å²) in [5.74, 6) is 0.234. The number of carbonyl (C=O) groups is 1. The van der Waals surface area contributed by atoms with Crippen molar-refractivity contribution in [3.63, 3.8) is 0 Å². The van der Waals surface area contributed by atoms with Gasteiger partial charge in [0, 0.05) is 51.4 Å². The Bertz CT molecular complexity index is 741. The van der Waals surface area contributed by atoms with Crippen molar-refractivity contribution in [1.29, 1.82) is 0 Å². The highest BCUT2D eigenvalue weighted by Gasteiger charge is 2.39. The van der Waals surface area contributed by atoms with Gasteiger partial charge in [-0.05, 0) is 24.8 Å². The Labute approximate surface area is 155 Å². The zero-order chi connectivity index (χ0) is 17.9. The molecule has 2 aromatic rings. The van der Waals surface area contributed by atoms with Crippen LogP contribution in [0.15, 0.2) is 42.9 Å². The monoisotopic (exact) mass is 352 g/mol. The molecule has 0 saturated carbocycles. The van der Waals surface area contributed by atoms with Crippen molar-refractivity contribution in [1.82, 2.24) is 19.4 Å². The highest BCUT2D eigenvalue weighted by molar-refractivity contribution is 5.73. The fourth-order valence-electron chi connectivity index (χ4n) is 4.64. The standard InChI is InChI=1S/C21H28N4O/c1-17(26)25-11-6-5-9-20-21(25)10-12-23(20)15-19-13-22-16-24(19)14-18-7-3-2-4-8-18/h2-4,7-8,13,16,20-21H,5-6,9-12,14-15H2,1H3/t20-,21-/m1/s1. The van der Waals surface area contributed by atoms with Crippen molar-refractivity contribution in [2.24, 2.45) is 0 Å². The molecule has 138 valence electrons. The van der Waals surface area contributed by atoms with E-state index in [9.17, 15) is 4.79 Å². The Balaban J connectivity index is 1.48. The third kappa shape index (κ3) is 3.54. The fourth-order valence-corrected chi connectivity index (χ4v) is 4.64. The minimum atomic E-state index is 0.234. The molecule has 2 saturated heterocycles. The summed E-state index contributed by atoms with van der Waals surface area (Å²) < 4.78 is 2.25. The Kier molecular flexibility index (Phi) is 5.07. The van der Waals surface area contributed by atoms with Crippen LogP contribution in [0.5, 0.6) is 0 Å². The van der Waals surface area contributed by atoms with Crippen molar-refractivity contribution in [2.75, 3.05) is 13.1 Å². The van der Waals surface area contributed by atoms with Gasteiger partial charge in [-0.2, -0.15) is 0 Å². The summed E-state index contributed by atoms with van der Waals surface area (Å²) in [7, 11) is 0. The first-order valence-electron chi connectivity index (χ1n) is 9.76. The third-order valence-electron chi connectivity index (χ3n) is 5.94. The maximum absolute atomic E-state index is 12.1. The van der Waals surface area contributed by atoms with Gasteiger partial charge in [-0.1, -0.05) is 36.8 Å². The lowest BCUT2D eigenvalue weighted by molar-refractivity contribution is -0.131. The largest absolute Gasteiger partial charge is 0.338 e. The van der Waals surface area contributed by atoms with Gasteiger partial charge in [0.1, 0.15) is 0 Å². The highest BCUT2D eigenvalue weighted by Crippen LogP contribution is 2.31. The van der Waals surface area contributed by atoms with Crippen molar-refractivity contribution in [3.8, 4) is 0 Å². The third-order valence-corrected chi connectivity index (χ3v) is 5.94. The lowest BCUT2D eigenvalue weighted by atomic mass is 10.0. The number of benzene rings is 1. The number of fused-ring (bicyclic) bond motifs is 1. The van der Waals surface area contributed by atoms with Gasteiger partial charge in [0.05, 0.1) is 12.0 Å². The van der Waals surface area contributed by atoms with Gasteiger partial charge >= 0.3 is 0 Å². The molecule has 1 amide bonds. The molecule has 3 heterocycles. The molecule has 2 aliphatic rings. The average Bonchev–Trinajstić information content (AvgIpc) is 3.17. The van der Waals surface area contributed by atoms with Crippen LogP contribution in [-0.4, -0.2) is 50.4 Å². The molecule has 5 heteroatoms. The van der Waals surface area contributed by atoms with Gasteiger partial charge in [0.15, 0.2) is 0 Å². The molecule has 4 rings (SSSR count). The number of hydrogen-bond donors (Lipinski definition) is 0. The quantitative estimate of drug-likeness (QED) is 0.850. The predicted molar refractivity (Wildman–Crippen MR) is 102 cm³/mol. The SMILES string of the molecule is CC(=O)N1CCCC[C@@H]2[C@H]1CCN2Cc1cncn1Cc1ccccc1. The van der Waals surface area contributed by atoms with Crippen LogP contribution in [0.25, 0.3) is 0 Å². The van der Waals surface area contributed by atoms with E-state index in [4.69, 9.17) is 0 Å². The minimum absolute atomic E-state index is 0.234. The van der Waals surface area contributed by atoms with E-state index in [0.29, 0.717) is 12.1 Å². The van der Waals surface area contributed by atoms with Crippen LogP contribution >= 0.6 is 0 Å². The second kappa shape index (κ2) is 7.62. The molecule has 2 fully saturated rings. The van der Waals surface area contributed by atoms with Crippen LogP contribution in [0.1, 0.15) is 43.9 Å². The lowest BCUT2D eigenvalue weighted by Gasteiger charge is -2.32. The Morgan fingerprint density at radius 3 is 2.73 bits per heavy atom. The number of imidazole rings is 1. The van der Waals surface area contributed by atoms with Crippen LogP contribution in [0.4, 0.5) is 0 Å². The molecule has 2 atom stereocenters. The molecule has 2 aliphatic heterocycles. The summed E-state index contributed by atoms with van der Waals surface area (Å²) in [6.07, 6.45) is 8.57. The van der Waals surface area contributed by atoms with E-state index < -0.39 is 0 Å². The van der Waals surface area contributed by atoms with E-state index in [0.717, 1.165) is 39.0 Å². The van der Waals surface area contributed by atoms with Gasteiger partial charge < -0.3 is 9.47 Å². The Morgan fingerprint density at radius 2 is 1.92 bits per heavy atom. The number of hydrogen-bond acceptors (Lipinski definition) is 3. The number of amides is 1. The van der Waals surface area contributed by atoms with E-state index >= 15 is 0 Å². The predicted octanol–water partition coefficient (Wildman–Crippen LogP) is 2.91. The van der Waals surface area contributed by atoms with Crippen LogP contribution < -0.4 is 0 Å². The van der Waals surface area contributed by atoms with Crippen molar-refractivity contribution < 1.29 is 4.79 Å². The van der Waals surface area contributed by atoms with Crippen LogP contribution in [0.3, 0.4) is 0 Å². The fraction of sp³-hybridized carbons (Fsp3) is 0.524. The second-order valence-electron chi connectivity index (χ2n) is 7.60. The summed E-state index contributed by atoms with van der Waals surface area (Å²) in [6, 6.07) is 11.4. The molecule has 0 unspecified atom stereocenters. The highest BCUT2D eigenvalue weighted by atomic mass is 16.2. The molecule has 1 aromatic heterocycles. The minimum Gasteiger partial charge on any atom is -0.338 e. The van der Waals surface area contributed by atoms with Crippen molar-refractivity contribution in [2.45, 2.75) is 57.8 Å². The van der Waals surface area contributed by atoms with E-state index in [1.54, 1.807) is 6.92 Å².